The summed E-state index contributed by atoms with van der Waals surface area (Å²) in [6.45, 7) is 3.59. The van der Waals surface area contributed by atoms with Crippen LogP contribution in [0.3, 0.4) is 0 Å². The standard InChI is InChI=1S/C22H27N3O6S/c1-16(31-18-10-8-17(9-11-18)24(2)32(3,28)29)21(26)23-20-7-5-4-6-19(20)22(27)25-12-14-30-15-13-25/h4-11,16H,12-15H2,1-3H3,(H,23,26). The van der Waals surface area contributed by atoms with Gasteiger partial charge in [-0.05, 0) is 43.3 Å². The lowest BCUT2D eigenvalue weighted by molar-refractivity contribution is -0.122. The molecule has 0 radical (unpaired) electrons. The highest BCUT2D eigenvalue weighted by Gasteiger charge is 2.23. The number of benzene rings is 2. The van der Waals surface area contributed by atoms with Gasteiger partial charge in [0.2, 0.25) is 10.0 Å². The van der Waals surface area contributed by atoms with Crippen molar-refractivity contribution in [2.24, 2.45) is 0 Å². The maximum absolute atomic E-state index is 12.9. The molecular weight excluding hydrogens is 434 g/mol. The van der Waals surface area contributed by atoms with Crippen molar-refractivity contribution in [1.82, 2.24) is 4.90 Å². The van der Waals surface area contributed by atoms with Crippen molar-refractivity contribution in [3.05, 3.63) is 54.1 Å². The van der Waals surface area contributed by atoms with Crippen molar-refractivity contribution in [2.45, 2.75) is 13.0 Å². The van der Waals surface area contributed by atoms with Gasteiger partial charge in [0.15, 0.2) is 6.10 Å². The number of nitrogens with one attached hydrogen (secondary N) is 1. The number of morpholine rings is 1. The third-order valence-corrected chi connectivity index (χ3v) is 6.30. The number of hydrogen-bond donors (Lipinski definition) is 1. The van der Waals surface area contributed by atoms with Gasteiger partial charge in [0, 0.05) is 20.1 Å². The highest BCUT2D eigenvalue weighted by atomic mass is 32.2. The van der Waals surface area contributed by atoms with Gasteiger partial charge < -0.3 is 19.7 Å². The largest absolute Gasteiger partial charge is 0.481 e. The highest BCUT2D eigenvalue weighted by Crippen LogP contribution is 2.22. The molecule has 2 aromatic carbocycles. The SMILES string of the molecule is CC(Oc1ccc(N(C)S(C)(=O)=O)cc1)C(=O)Nc1ccccc1C(=O)N1CCOCC1. The summed E-state index contributed by atoms with van der Waals surface area (Å²) in [5.74, 6) is -0.163. The number of carbonyl (C=O) groups is 2. The number of anilines is 2. The minimum absolute atomic E-state index is 0.164. The Labute approximate surface area is 188 Å². The molecule has 1 heterocycles. The molecule has 0 bridgehead atoms. The molecule has 172 valence electrons. The predicted molar refractivity (Wildman–Crippen MR) is 122 cm³/mol. The van der Waals surface area contributed by atoms with Gasteiger partial charge in [-0.3, -0.25) is 13.9 Å². The second-order valence-corrected chi connectivity index (χ2v) is 9.44. The van der Waals surface area contributed by atoms with Crippen molar-refractivity contribution in [1.29, 1.82) is 0 Å². The molecule has 0 saturated carbocycles. The molecule has 2 aromatic rings. The summed E-state index contributed by atoms with van der Waals surface area (Å²) in [7, 11) is -1.91. The molecule has 0 spiro atoms. The van der Waals surface area contributed by atoms with E-state index in [-0.39, 0.29) is 5.91 Å². The molecule has 1 N–H and O–H groups in total. The number of nitrogens with zero attached hydrogens (tertiary/aromatic N) is 2. The van der Waals surface area contributed by atoms with E-state index in [0.29, 0.717) is 49.0 Å². The molecule has 1 aliphatic rings. The van der Waals surface area contributed by atoms with Crippen molar-refractivity contribution in [3.63, 3.8) is 0 Å². The number of rotatable bonds is 7. The summed E-state index contributed by atoms with van der Waals surface area (Å²) in [5.41, 5.74) is 1.30. The fourth-order valence-electron chi connectivity index (χ4n) is 3.13. The second-order valence-electron chi connectivity index (χ2n) is 7.42. The molecule has 3 rings (SSSR count). The zero-order valence-corrected chi connectivity index (χ0v) is 19.1. The number of sulfonamides is 1. The van der Waals surface area contributed by atoms with E-state index in [4.69, 9.17) is 9.47 Å². The zero-order chi connectivity index (χ0) is 23.3. The Morgan fingerprint density at radius 3 is 2.34 bits per heavy atom. The average Bonchev–Trinajstić information content (AvgIpc) is 2.79. The summed E-state index contributed by atoms with van der Waals surface area (Å²) in [6, 6.07) is 13.2. The fraction of sp³-hybridized carbons (Fsp3) is 0.364. The third kappa shape index (κ3) is 5.77. The highest BCUT2D eigenvalue weighted by molar-refractivity contribution is 7.92. The van der Waals surface area contributed by atoms with Crippen LogP contribution in [-0.4, -0.2) is 70.8 Å². The Balaban J connectivity index is 1.65. The quantitative estimate of drug-likeness (QED) is 0.676. The van der Waals surface area contributed by atoms with Crippen molar-refractivity contribution in [3.8, 4) is 5.75 Å². The van der Waals surface area contributed by atoms with Crippen LogP contribution in [0.1, 0.15) is 17.3 Å². The first-order valence-corrected chi connectivity index (χ1v) is 12.0. The van der Waals surface area contributed by atoms with Crippen molar-refractivity contribution < 1.29 is 27.5 Å². The molecule has 0 aromatic heterocycles. The number of carbonyl (C=O) groups excluding carboxylic acids is 2. The first-order chi connectivity index (χ1) is 15.2. The monoisotopic (exact) mass is 461 g/mol. The Bertz CT molecular complexity index is 1070. The number of hydrogen-bond acceptors (Lipinski definition) is 6. The van der Waals surface area contributed by atoms with Gasteiger partial charge in [-0.1, -0.05) is 12.1 Å². The van der Waals surface area contributed by atoms with Crippen LogP contribution < -0.4 is 14.4 Å². The summed E-state index contributed by atoms with van der Waals surface area (Å²) in [5, 5.41) is 2.77. The van der Waals surface area contributed by atoms with E-state index in [2.05, 4.69) is 5.32 Å². The van der Waals surface area contributed by atoms with E-state index in [0.717, 1.165) is 10.6 Å². The molecule has 1 fully saturated rings. The van der Waals surface area contributed by atoms with E-state index in [1.165, 1.54) is 7.05 Å². The Morgan fingerprint density at radius 1 is 1.09 bits per heavy atom. The van der Waals surface area contributed by atoms with Crippen LogP contribution in [0.25, 0.3) is 0 Å². The van der Waals surface area contributed by atoms with Crippen LogP contribution in [0.4, 0.5) is 11.4 Å². The van der Waals surface area contributed by atoms with Crippen LogP contribution in [0, 0.1) is 0 Å². The molecule has 1 saturated heterocycles. The minimum atomic E-state index is -3.37. The first-order valence-electron chi connectivity index (χ1n) is 10.1. The maximum Gasteiger partial charge on any atom is 0.265 e. The van der Waals surface area contributed by atoms with Crippen LogP contribution in [0.5, 0.6) is 5.75 Å². The normalized spacial score (nSPS) is 15.0. The topological polar surface area (TPSA) is 105 Å². The van der Waals surface area contributed by atoms with Gasteiger partial charge in [-0.15, -0.1) is 0 Å². The number of amides is 2. The molecule has 32 heavy (non-hydrogen) atoms. The van der Waals surface area contributed by atoms with Gasteiger partial charge in [-0.25, -0.2) is 8.42 Å². The van der Waals surface area contributed by atoms with Crippen LogP contribution >= 0.6 is 0 Å². The van der Waals surface area contributed by atoms with Gasteiger partial charge in [0.1, 0.15) is 5.75 Å². The van der Waals surface area contributed by atoms with E-state index >= 15 is 0 Å². The molecule has 0 aliphatic carbocycles. The summed E-state index contributed by atoms with van der Waals surface area (Å²) >= 11 is 0. The number of para-hydroxylation sites is 1. The lowest BCUT2D eigenvalue weighted by Crippen LogP contribution is -2.41. The molecule has 2 amide bonds. The van der Waals surface area contributed by atoms with Crippen molar-refractivity contribution in [2.75, 3.05) is 49.2 Å². The summed E-state index contributed by atoms with van der Waals surface area (Å²) in [4.78, 5) is 27.3. The predicted octanol–water partition coefficient (Wildman–Crippen LogP) is 1.96. The zero-order valence-electron chi connectivity index (χ0n) is 18.3. The Hall–Kier alpha value is -3.11. The molecule has 1 atom stereocenters. The molecular formula is C22H27N3O6S. The molecule has 9 nitrogen and oxygen atoms in total. The van der Waals surface area contributed by atoms with Gasteiger partial charge >= 0.3 is 0 Å². The van der Waals surface area contributed by atoms with E-state index in [1.807, 2.05) is 0 Å². The van der Waals surface area contributed by atoms with E-state index < -0.39 is 22.0 Å². The molecule has 1 aliphatic heterocycles. The lowest BCUT2D eigenvalue weighted by Gasteiger charge is -2.27. The summed E-state index contributed by atoms with van der Waals surface area (Å²) in [6.07, 6.45) is 0.269. The summed E-state index contributed by atoms with van der Waals surface area (Å²) < 4.78 is 35.4. The van der Waals surface area contributed by atoms with Gasteiger partial charge in [0.05, 0.1) is 36.4 Å². The lowest BCUT2D eigenvalue weighted by atomic mass is 10.1. The van der Waals surface area contributed by atoms with E-state index in [9.17, 15) is 18.0 Å². The average molecular weight is 462 g/mol. The Kier molecular flexibility index (Phi) is 7.37. The van der Waals surface area contributed by atoms with Crippen LogP contribution in [-0.2, 0) is 19.6 Å². The van der Waals surface area contributed by atoms with Crippen LogP contribution in [0.2, 0.25) is 0 Å². The molecule has 1 unspecified atom stereocenters. The van der Waals surface area contributed by atoms with Gasteiger partial charge in [-0.2, -0.15) is 0 Å². The smallest absolute Gasteiger partial charge is 0.265 e. The molecule has 10 heteroatoms. The maximum atomic E-state index is 12.9. The first kappa shape index (κ1) is 23.6. The van der Waals surface area contributed by atoms with E-state index in [1.54, 1.807) is 60.4 Å². The van der Waals surface area contributed by atoms with Gasteiger partial charge in [0.25, 0.3) is 11.8 Å². The number of ether oxygens (including phenoxy) is 2. The Morgan fingerprint density at radius 2 is 1.72 bits per heavy atom. The van der Waals surface area contributed by atoms with Crippen molar-refractivity contribution >= 4 is 33.2 Å². The minimum Gasteiger partial charge on any atom is -0.481 e. The fourth-order valence-corrected chi connectivity index (χ4v) is 3.64. The second kappa shape index (κ2) is 10.0. The van der Waals surface area contributed by atoms with Crippen LogP contribution in [0.15, 0.2) is 48.5 Å². The third-order valence-electron chi connectivity index (χ3n) is 5.09.